The second-order valence-electron chi connectivity index (χ2n) is 4.25. The smallest absolute Gasteiger partial charge is 0.340 e. The van der Waals surface area contributed by atoms with Crippen molar-refractivity contribution in [2.45, 2.75) is 13.5 Å². The quantitative estimate of drug-likeness (QED) is 0.832. The van der Waals surface area contributed by atoms with Crippen LogP contribution in [0.2, 0.25) is 0 Å². The number of benzene rings is 2. The summed E-state index contributed by atoms with van der Waals surface area (Å²) in [7, 11) is 0. The Morgan fingerprint density at radius 1 is 1.15 bits per heavy atom. The standard InChI is InChI=1S/C16H16BrNO2/c1-2-20-16(19)14-5-3-4-6-15(14)18-11-12-7-9-13(17)10-8-12/h3-10,18H,2,11H2,1H3. The zero-order valence-corrected chi connectivity index (χ0v) is 12.8. The molecular formula is C16H16BrNO2. The highest BCUT2D eigenvalue weighted by Gasteiger charge is 2.11. The van der Waals surface area contributed by atoms with E-state index >= 15 is 0 Å². The van der Waals surface area contributed by atoms with Crippen molar-refractivity contribution in [3.63, 3.8) is 0 Å². The number of ether oxygens (including phenoxy) is 1. The number of nitrogens with one attached hydrogen (secondary N) is 1. The molecule has 0 aliphatic rings. The Labute approximate surface area is 127 Å². The molecule has 0 aliphatic heterocycles. The molecule has 1 N–H and O–H groups in total. The van der Waals surface area contributed by atoms with Crippen LogP contribution in [0.4, 0.5) is 5.69 Å². The second kappa shape index (κ2) is 7.10. The van der Waals surface area contributed by atoms with Gasteiger partial charge in [-0.15, -0.1) is 0 Å². The van der Waals surface area contributed by atoms with Gasteiger partial charge in [-0.2, -0.15) is 0 Å². The van der Waals surface area contributed by atoms with E-state index in [0.717, 1.165) is 15.7 Å². The van der Waals surface area contributed by atoms with Crippen LogP contribution < -0.4 is 5.32 Å². The number of carbonyl (C=O) groups excluding carboxylic acids is 1. The van der Waals surface area contributed by atoms with Gasteiger partial charge in [-0.05, 0) is 36.8 Å². The minimum absolute atomic E-state index is 0.300. The van der Waals surface area contributed by atoms with Crippen molar-refractivity contribution < 1.29 is 9.53 Å². The van der Waals surface area contributed by atoms with Gasteiger partial charge < -0.3 is 10.1 Å². The van der Waals surface area contributed by atoms with Crippen molar-refractivity contribution in [2.75, 3.05) is 11.9 Å². The molecule has 0 saturated heterocycles. The summed E-state index contributed by atoms with van der Waals surface area (Å²) in [6.07, 6.45) is 0. The van der Waals surface area contributed by atoms with E-state index in [1.165, 1.54) is 0 Å². The monoisotopic (exact) mass is 333 g/mol. The topological polar surface area (TPSA) is 38.3 Å². The molecular weight excluding hydrogens is 318 g/mol. The molecule has 0 aliphatic carbocycles. The molecule has 0 radical (unpaired) electrons. The number of anilines is 1. The van der Waals surface area contributed by atoms with Crippen LogP contribution in [-0.2, 0) is 11.3 Å². The van der Waals surface area contributed by atoms with Crippen LogP contribution >= 0.6 is 15.9 Å². The predicted octanol–water partition coefficient (Wildman–Crippen LogP) is 4.24. The average molecular weight is 334 g/mol. The maximum Gasteiger partial charge on any atom is 0.340 e. The van der Waals surface area contributed by atoms with Crippen LogP contribution in [0.5, 0.6) is 0 Å². The zero-order valence-electron chi connectivity index (χ0n) is 11.2. The van der Waals surface area contributed by atoms with Crippen LogP contribution in [0.3, 0.4) is 0 Å². The van der Waals surface area contributed by atoms with Gasteiger partial charge in [0.2, 0.25) is 0 Å². The third-order valence-electron chi connectivity index (χ3n) is 2.82. The summed E-state index contributed by atoms with van der Waals surface area (Å²) in [5, 5.41) is 3.27. The van der Waals surface area contributed by atoms with E-state index in [2.05, 4.69) is 21.2 Å². The highest BCUT2D eigenvalue weighted by atomic mass is 79.9. The summed E-state index contributed by atoms with van der Waals surface area (Å²) in [5.41, 5.74) is 2.49. The van der Waals surface area contributed by atoms with Gasteiger partial charge in [-0.1, -0.05) is 40.2 Å². The Morgan fingerprint density at radius 2 is 1.85 bits per heavy atom. The maximum absolute atomic E-state index is 11.9. The highest BCUT2D eigenvalue weighted by Crippen LogP contribution is 2.18. The van der Waals surface area contributed by atoms with E-state index < -0.39 is 0 Å². The van der Waals surface area contributed by atoms with Crippen molar-refractivity contribution in [2.24, 2.45) is 0 Å². The van der Waals surface area contributed by atoms with Crippen molar-refractivity contribution >= 4 is 27.6 Å². The fourth-order valence-corrected chi connectivity index (χ4v) is 2.09. The van der Waals surface area contributed by atoms with Crippen molar-refractivity contribution in [3.8, 4) is 0 Å². The minimum atomic E-state index is -0.300. The lowest BCUT2D eigenvalue weighted by atomic mass is 10.1. The zero-order chi connectivity index (χ0) is 14.4. The fraction of sp³-hybridized carbons (Fsp3) is 0.188. The molecule has 2 aromatic carbocycles. The van der Waals surface area contributed by atoms with E-state index in [4.69, 9.17) is 4.74 Å². The first-order valence-corrected chi connectivity index (χ1v) is 7.24. The molecule has 2 rings (SSSR count). The van der Waals surface area contributed by atoms with Crippen molar-refractivity contribution in [1.82, 2.24) is 0 Å². The number of rotatable bonds is 5. The molecule has 0 bridgehead atoms. The third kappa shape index (κ3) is 3.84. The summed E-state index contributed by atoms with van der Waals surface area (Å²) in [4.78, 5) is 11.9. The molecule has 104 valence electrons. The number of halogens is 1. The molecule has 20 heavy (non-hydrogen) atoms. The Hall–Kier alpha value is -1.81. The molecule has 0 spiro atoms. The lowest BCUT2D eigenvalue weighted by Crippen LogP contribution is -2.09. The molecule has 0 fully saturated rings. The van der Waals surface area contributed by atoms with E-state index in [1.54, 1.807) is 13.0 Å². The van der Waals surface area contributed by atoms with E-state index in [0.29, 0.717) is 18.7 Å². The number of carbonyl (C=O) groups is 1. The first-order chi connectivity index (χ1) is 9.70. The van der Waals surface area contributed by atoms with Gasteiger partial charge >= 0.3 is 5.97 Å². The molecule has 4 heteroatoms. The summed E-state index contributed by atoms with van der Waals surface area (Å²) < 4.78 is 6.10. The van der Waals surface area contributed by atoms with Crippen molar-refractivity contribution in [3.05, 3.63) is 64.1 Å². The molecule has 0 atom stereocenters. The molecule has 2 aromatic rings. The van der Waals surface area contributed by atoms with Gasteiger partial charge in [0.15, 0.2) is 0 Å². The maximum atomic E-state index is 11.9. The summed E-state index contributed by atoms with van der Waals surface area (Å²) >= 11 is 3.41. The van der Waals surface area contributed by atoms with Crippen molar-refractivity contribution in [1.29, 1.82) is 0 Å². The SMILES string of the molecule is CCOC(=O)c1ccccc1NCc1ccc(Br)cc1. The van der Waals surface area contributed by atoms with E-state index in [-0.39, 0.29) is 5.97 Å². The number of hydrogen-bond acceptors (Lipinski definition) is 3. The lowest BCUT2D eigenvalue weighted by molar-refractivity contribution is 0.0527. The van der Waals surface area contributed by atoms with Crippen LogP contribution in [0.25, 0.3) is 0 Å². The Kier molecular flexibility index (Phi) is 5.18. The number of para-hydroxylation sites is 1. The largest absolute Gasteiger partial charge is 0.462 e. The van der Waals surface area contributed by atoms with Gasteiger partial charge in [0.05, 0.1) is 12.2 Å². The molecule has 0 heterocycles. The number of hydrogen-bond donors (Lipinski definition) is 1. The van der Waals surface area contributed by atoms with Gasteiger partial charge in [0.1, 0.15) is 0 Å². The van der Waals surface area contributed by atoms with Gasteiger partial charge in [0, 0.05) is 16.7 Å². The van der Waals surface area contributed by atoms with Crippen LogP contribution in [-0.4, -0.2) is 12.6 Å². The summed E-state index contributed by atoms with van der Waals surface area (Å²) in [6, 6.07) is 15.4. The Balaban J connectivity index is 2.09. The highest BCUT2D eigenvalue weighted by molar-refractivity contribution is 9.10. The molecule has 0 saturated carbocycles. The molecule has 0 aromatic heterocycles. The first kappa shape index (κ1) is 14.6. The third-order valence-corrected chi connectivity index (χ3v) is 3.35. The lowest BCUT2D eigenvalue weighted by Gasteiger charge is -2.11. The van der Waals surface area contributed by atoms with Gasteiger partial charge in [-0.3, -0.25) is 0 Å². The van der Waals surface area contributed by atoms with Crippen LogP contribution in [0.15, 0.2) is 53.0 Å². The summed E-state index contributed by atoms with van der Waals surface area (Å²) in [6.45, 7) is 2.83. The first-order valence-electron chi connectivity index (χ1n) is 6.45. The number of esters is 1. The Morgan fingerprint density at radius 3 is 2.55 bits per heavy atom. The molecule has 0 amide bonds. The van der Waals surface area contributed by atoms with Crippen LogP contribution in [0, 0.1) is 0 Å². The predicted molar refractivity (Wildman–Crippen MR) is 83.9 cm³/mol. The average Bonchev–Trinajstić information content (AvgIpc) is 2.47. The van der Waals surface area contributed by atoms with E-state index in [9.17, 15) is 4.79 Å². The van der Waals surface area contributed by atoms with E-state index in [1.807, 2.05) is 42.5 Å². The molecule has 3 nitrogen and oxygen atoms in total. The minimum Gasteiger partial charge on any atom is -0.462 e. The molecule has 0 unspecified atom stereocenters. The van der Waals surface area contributed by atoms with Crippen LogP contribution in [0.1, 0.15) is 22.8 Å². The fourth-order valence-electron chi connectivity index (χ4n) is 1.82. The summed E-state index contributed by atoms with van der Waals surface area (Å²) in [5.74, 6) is -0.300. The Bertz CT molecular complexity index is 581. The van der Waals surface area contributed by atoms with Gasteiger partial charge in [0.25, 0.3) is 0 Å². The van der Waals surface area contributed by atoms with Gasteiger partial charge in [-0.25, -0.2) is 4.79 Å². The second-order valence-corrected chi connectivity index (χ2v) is 5.16. The normalized spacial score (nSPS) is 10.1.